The van der Waals surface area contributed by atoms with Crippen LogP contribution in [0.4, 0.5) is 11.4 Å². The van der Waals surface area contributed by atoms with Crippen molar-refractivity contribution in [1.29, 1.82) is 0 Å². The summed E-state index contributed by atoms with van der Waals surface area (Å²) in [5.74, 6) is -5.66. The van der Waals surface area contributed by atoms with Crippen LogP contribution in [0.25, 0.3) is 5.76 Å². The van der Waals surface area contributed by atoms with E-state index >= 15 is 0 Å². The Kier molecular flexibility index (Phi) is 6.78. The van der Waals surface area contributed by atoms with E-state index in [1.165, 1.54) is 4.90 Å². The van der Waals surface area contributed by atoms with Crippen molar-refractivity contribution in [1.82, 2.24) is 4.90 Å². The maximum absolute atomic E-state index is 14.1. The second-order valence-electron chi connectivity index (χ2n) is 12.0. The van der Waals surface area contributed by atoms with Gasteiger partial charge in [-0.1, -0.05) is 6.07 Å². The molecule has 0 radical (unpaired) electrons. The summed E-state index contributed by atoms with van der Waals surface area (Å²) in [5, 5.41) is 49.2. The van der Waals surface area contributed by atoms with Crippen LogP contribution in [-0.4, -0.2) is 89.4 Å². The number of phenols is 1. The highest BCUT2D eigenvalue weighted by Gasteiger charge is 2.64. The molecule has 13 heteroatoms. The molecule has 232 valence electrons. The lowest BCUT2D eigenvalue weighted by molar-refractivity contribution is -0.153. The van der Waals surface area contributed by atoms with Gasteiger partial charge in [0, 0.05) is 37.8 Å². The van der Waals surface area contributed by atoms with Crippen LogP contribution in [0.3, 0.4) is 0 Å². The molecule has 0 saturated heterocycles. The first-order chi connectivity index (χ1) is 20.8. The van der Waals surface area contributed by atoms with Crippen molar-refractivity contribution in [2.75, 3.05) is 45.2 Å². The number of primary amides is 1. The van der Waals surface area contributed by atoms with E-state index in [4.69, 9.17) is 15.2 Å². The van der Waals surface area contributed by atoms with Crippen molar-refractivity contribution in [3.63, 3.8) is 0 Å². The number of fused-ring (bicyclic) bond motifs is 4. The third kappa shape index (κ3) is 4.10. The first-order valence-corrected chi connectivity index (χ1v) is 14.1. The molecule has 2 aromatic rings. The average Bonchev–Trinajstić information content (AvgIpc) is 3.42. The number of likely N-dealkylation sites (N-methyl/N-ethyl adjacent to an activating group) is 1. The van der Waals surface area contributed by atoms with E-state index in [0.717, 1.165) is 5.56 Å². The van der Waals surface area contributed by atoms with Gasteiger partial charge in [-0.3, -0.25) is 19.3 Å². The van der Waals surface area contributed by atoms with E-state index in [1.807, 2.05) is 31.1 Å². The van der Waals surface area contributed by atoms with E-state index < -0.39 is 58.0 Å². The largest absolute Gasteiger partial charge is 0.508 e. The van der Waals surface area contributed by atoms with Crippen LogP contribution in [0, 0.1) is 11.8 Å². The average molecular weight is 607 g/mol. The summed E-state index contributed by atoms with van der Waals surface area (Å²) < 4.78 is 10.8. The fraction of sp³-hybridized carbons (Fsp3) is 0.387. The molecule has 0 bridgehead atoms. The molecule has 1 saturated carbocycles. The molecule has 1 aliphatic heterocycles. The number of ether oxygens (including phenoxy) is 2. The zero-order valence-corrected chi connectivity index (χ0v) is 24.7. The SMILES string of the molecule is CN(C)c1cc(NCc2ccc3c(c2)OCO3)c(O)c2c1CC1CC3[C@H](N(C)C)C(=O)C(C(N)=O)=C(O)[C@@]3(O)C(=O)C1=C2O. The minimum Gasteiger partial charge on any atom is -0.508 e. The van der Waals surface area contributed by atoms with Crippen molar-refractivity contribution < 1.29 is 44.3 Å². The molecule has 13 nitrogen and oxygen atoms in total. The summed E-state index contributed by atoms with van der Waals surface area (Å²) in [4.78, 5) is 42.9. The van der Waals surface area contributed by atoms with Crippen molar-refractivity contribution in [3.05, 3.63) is 57.9 Å². The van der Waals surface area contributed by atoms with Gasteiger partial charge < -0.3 is 45.9 Å². The third-order valence-corrected chi connectivity index (χ3v) is 9.10. The number of nitrogens with zero attached hydrogens (tertiary/aromatic N) is 2. The smallest absolute Gasteiger partial charge is 0.255 e. The summed E-state index contributed by atoms with van der Waals surface area (Å²) in [6, 6.07) is 6.06. The zero-order valence-electron chi connectivity index (χ0n) is 24.7. The Morgan fingerprint density at radius 1 is 1.09 bits per heavy atom. The monoisotopic (exact) mass is 606 g/mol. The second kappa shape index (κ2) is 10.2. The number of phenolic OH excluding ortho intramolecular Hbond substituents is 1. The number of nitrogens with two attached hydrogens (primary N) is 1. The maximum Gasteiger partial charge on any atom is 0.255 e. The van der Waals surface area contributed by atoms with Gasteiger partial charge in [-0.25, -0.2) is 0 Å². The molecule has 7 N–H and O–H groups in total. The van der Waals surface area contributed by atoms with Gasteiger partial charge >= 0.3 is 0 Å². The van der Waals surface area contributed by atoms with Crippen LogP contribution in [0.15, 0.2) is 41.2 Å². The predicted molar refractivity (Wildman–Crippen MR) is 158 cm³/mol. The molecule has 0 aromatic heterocycles. The van der Waals surface area contributed by atoms with Crippen LogP contribution in [-0.2, 0) is 27.3 Å². The molecule has 1 fully saturated rings. The normalized spacial score (nSPS) is 25.5. The number of Topliss-reactive ketones (excluding diaryl/α,β-unsaturated/α-hetero) is 2. The molecule has 2 unspecified atom stereocenters. The number of benzene rings is 2. The molecule has 3 aliphatic carbocycles. The standard InChI is InChI=1S/C31H34N4O9/c1-34(2)18-10-17(33-11-13-5-6-19-20(7-13)44-12-43-19)25(36)22-15(18)8-14-9-16-24(35(3)4)27(38)23(30(32)41)29(40)31(16,42)28(39)21(14)26(22)37/h5-7,10,14,16,24,33,36-37,40,42H,8-9,11-12H2,1-4H3,(H2,32,41)/t14?,16?,24-,31-/m0/s1. The number of hydrogen-bond acceptors (Lipinski definition) is 12. The third-order valence-electron chi connectivity index (χ3n) is 9.10. The number of ketones is 2. The Balaban J connectivity index is 1.46. The minimum atomic E-state index is -2.69. The second-order valence-corrected chi connectivity index (χ2v) is 12.0. The summed E-state index contributed by atoms with van der Waals surface area (Å²) in [5.41, 5.74) is 4.04. The van der Waals surface area contributed by atoms with Crippen molar-refractivity contribution in [2.45, 2.75) is 31.0 Å². The molecule has 2 aromatic carbocycles. The lowest BCUT2D eigenvalue weighted by atomic mass is 9.57. The highest BCUT2D eigenvalue weighted by molar-refractivity contribution is 6.24. The number of nitrogens with one attached hydrogen (secondary N) is 1. The zero-order chi connectivity index (χ0) is 31.8. The number of amides is 1. The summed E-state index contributed by atoms with van der Waals surface area (Å²) in [6.45, 7) is 0.418. The van der Waals surface area contributed by atoms with Crippen molar-refractivity contribution in [2.24, 2.45) is 17.6 Å². The van der Waals surface area contributed by atoms with Gasteiger partial charge in [-0.05, 0) is 62.2 Å². The number of aromatic hydroxyl groups is 1. The van der Waals surface area contributed by atoms with Gasteiger partial charge in [0.05, 0.1) is 17.3 Å². The Morgan fingerprint density at radius 2 is 1.80 bits per heavy atom. The first-order valence-electron chi connectivity index (χ1n) is 14.1. The van der Waals surface area contributed by atoms with Crippen molar-refractivity contribution in [3.8, 4) is 17.2 Å². The van der Waals surface area contributed by atoms with Crippen LogP contribution in [0.2, 0.25) is 0 Å². The number of carbonyl (C=O) groups excluding carboxylic acids is 3. The molecular formula is C31H34N4O9. The molecule has 0 spiro atoms. The quantitative estimate of drug-likeness (QED) is 0.205. The van der Waals surface area contributed by atoms with Gasteiger partial charge in [0.1, 0.15) is 22.8 Å². The fourth-order valence-corrected chi connectivity index (χ4v) is 7.07. The summed E-state index contributed by atoms with van der Waals surface area (Å²) in [6.07, 6.45) is 0.210. The van der Waals surface area contributed by atoms with Crippen LogP contribution in [0.5, 0.6) is 17.2 Å². The maximum atomic E-state index is 14.1. The van der Waals surface area contributed by atoms with Crippen LogP contribution >= 0.6 is 0 Å². The van der Waals surface area contributed by atoms with E-state index in [1.54, 1.807) is 26.2 Å². The highest BCUT2D eigenvalue weighted by Crippen LogP contribution is 2.54. The van der Waals surface area contributed by atoms with E-state index in [-0.39, 0.29) is 48.8 Å². The molecule has 6 rings (SSSR count). The Morgan fingerprint density at radius 3 is 2.45 bits per heavy atom. The molecule has 4 aliphatic rings. The number of anilines is 2. The van der Waals surface area contributed by atoms with Gasteiger partial charge in [0.2, 0.25) is 12.6 Å². The van der Waals surface area contributed by atoms with Crippen molar-refractivity contribution >= 4 is 34.6 Å². The molecule has 44 heavy (non-hydrogen) atoms. The number of aliphatic hydroxyl groups is 3. The number of hydrogen-bond donors (Lipinski definition) is 6. The van der Waals surface area contributed by atoms with E-state index in [9.17, 15) is 34.8 Å². The van der Waals surface area contributed by atoms with Crippen LogP contribution in [0.1, 0.15) is 23.1 Å². The Hall–Kier alpha value is -4.75. The van der Waals surface area contributed by atoms with Gasteiger partial charge in [0.25, 0.3) is 5.91 Å². The van der Waals surface area contributed by atoms with E-state index in [2.05, 4.69) is 5.32 Å². The minimum absolute atomic E-state index is 0.0145. The Bertz CT molecular complexity index is 1700. The summed E-state index contributed by atoms with van der Waals surface area (Å²) >= 11 is 0. The summed E-state index contributed by atoms with van der Waals surface area (Å²) in [7, 11) is 6.75. The number of carbonyl (C=O) groups is 3. The highest BCUT2D eigenvalue weighted by atomic mass is 16.7. The Labute approximate surface area is 252 Å². The lowest BCUT2D eigenvalue weighted by Gasteiger charge is -2.50. The molecule has 1 amide bonds. The predicted octanol–water partition coefficient (Wildman–Crippen LogP) is 1.37. The lowest BCUT2D eigenvalue weighted by Crippen LogP contribution is -2.65. The van der Waals surface area contributed by atoms with Crippen LogP contribution < -0.4 is 25.4 Å². The molecule has 1 heterocycles. The first kappa shape index (κ1) is 29.3. The van der Waals surface area contributed by atoms with E-state index in [0.29, 0.717) is 22.7 Å². The molecule has 4 atom stereocenters. The van der Waals surface area contributed by atoms with Gasteiger partial charge in [-0.15, -0.1) is 0 Å². The number of aliphatic hydroxyl groups excluding tert-OH is 2. The van der Waals surface area contributed by atoms with Gasteiger partial charge in [-0.2, -0.15) is 0 Å². The van der Waals surface area contributed by atoms with Gasteiger partial charge in [0.15, 0.2) is 22.9 Å². The number of rotatable bonds is 6. The molecular weight excluding hydrogens is 572 g/mol. The topological polar surface area (TPSA) is 195 Å². The fourth-order valence-electron chi connectivity index (χ4n) is 7.07.